The molecule has 14 heteroatoms. The molecule has 0 spiro atoms. The van der Waals surface area contributed by atoms with E-state index >= 15 is 0 Å². The minimum Gasteiger partial charge on any atom is -0.469 e. The van der Waals surface area contributed by atoms with Crippen molar-refractivity contribution >= 4 is 46.9 Å². The van der Waals surface area contributed by atoms with Gasteiger partial charge in [-0.2, -0.15) is 24.9 Å². The Morgan fingerprint density at radius 1 is 1.09 bits per heavy atom. The van der Waals surface area contributed by atoms with E-state index < -0.39 is 47.6 Å². The van der Waals surface area contributed by atoms with Crippen LogP contribution in [0.1, 0.15) is 79.7 Å². The molecule has 46 heavy (non-hydrogen) atoms. The molecule has 254 valence electrons. The van der Waals surface area contributed by atoms with Gasteiger partial charge in [0.1, 0.15) is 10.7 Å². The molecule has 1 aromatic carbocycles. The number of hydrogen-bond donors (Lipinski definition) is 1. The van der Waals surface area contributed by atoms with Gasteiger partial charge in [0.05, 0.1) is 18.6 Å². The lowest BCUT2D eigenvalue weighted by atomic mass is 9.95. The first-order valence-corrected chi connectivity index (χ1v) is 17.1. The first-order valence-electron chi connectivity index (χ1n) is 15.1. The van der Waals surface area contributed by atoms with Crippen molar-refractivity contribution in [2.24, 2.45) is 17.8 Å². The number of benzene rings is 1. The second-order valence-corrected chi connectivity index (χ2v) is 14.0. The van der Waals surface area contributed by atoms with E-state index in [-0.39, 0.29) is 36.4 Å². The Hall–Kier alpha value is -3.13. The number of thiazole rings is 1. The molecule has 2 aromatic rings. The van der Waals surface area contributed by atoms with E-state index in [9.17, 15) is 32.3 Å². The number of nitrogens with zero attached hydrogens (tertiary/aromatic N) is 2. The van der Waals surface area contributed by atoms with Crippen LogP contribution in [0.3, 0.4) is 0 Å². The molecule has 1 N–H and O–H groups in total. The number of thioether (sulfide) groups is 1. The summed E-state index contributed by atoms with van der Waals surface area (Å²) in [6.45, 7) is 6.91. The first-order chi connectivity index (χ1) is 21.6. The Balaban J connectivity index is 1.78. The molecule has 4 atom stereocenters. The van der Waals surface area contributed by atoms with Gasteiger partial charge in [-0.15, -0.1) is 11.3 Å². The zero-order valence-electron chi connectivity index (χ0n) is 26.9. The molecular weight excluding hydrogens is 643 g/mol. The third kappa shape index (κ3) is 10.7. The highest BCUT2D eigenvalue weighted by Crippen LogP contribution is 2.33. The molecule has 2 heterocycles. The molecule has 1 aliphatic rings. The molecule has 3 unspecified atom stereocenters. The largest absolute Gasteiger partial charge is 0.469 e. The maximum absolute atomic E-state index is 13.4. The number of methoxy groups -OCH3 is 1. The number of halogens is 3. The zero-order chi connectivity index (χ0) is 34.2. The topological polar surface area (TPSA) is 115 Å². The number of amides is 2. The van der Waals surface area contributed by atoms with Crippen molar-refractivity contribution in [3.05, 3.63) is 51.5 Å². The van der Waals surface area contributed by atoms with Crippen LogP contribution < -0.4 is 5.32 Å². The highest BCUT2D eigenvalue weighted by Gasteiger charge is 2.33. The molecule has 0 bridgehead atoms. The number of alkyl halides is 3. The number of aromatic nitrogens is 1. The Morgan fingerprint density at radius 2 is 1.74 bits per heavy atom. The van der Waals surface area contributed by atoms with Crippen LogP contribution in [0.5, 0.6) is 0 Å². The van der Waals surface area contributed by atoms with Crippen molar-refractivity contribution in [1.82, 2.24) is 15.2 Å². The maximum Gasteiger partial charge on any atom is 0.416 e. The lowest BCUT2D eigenvalue weighted by molar-refractivity contribution is -0.148. The minimum absolute atomic E-state index is 0.0325. The van der Waals surface area contributed by atoms with Gasteiger partial charge in [0.2, 0.25) is 5.91 Å². The van der Waals surface area contributed by atoms with Crippen LogP contribution in [-0.2, 0) is 36.5 Å². The standard InChI is InChI=1S/C32H42F3N3O6S2/c1-18(2)26(38(5)28(40)13-22-15-45-16-22)14-27(44-20(4)39)30-37-25(17-46-30)29(41)36-24(11-19(3)31(42)43-6)12-21-7-9-23(10-8-21)32(33,34)35/h7-10,17-19,22,24,26-27H,11-16H2,1-6H3,(H,36,41)/t19?,24-,26?,27?/m1/s1. The van der Waals surface area contributed by atoms with E-state index in [4.69, 9.17) is 9.47 Å². The monoisotopic (exact) mass is 685 g/mol. The van der Waals surface area contributed by atoms with Gasteiger partial charge >= 0.3 is 18.1 Å². The van der Waals surface area contributed by atoms with Gasteiger partial charge in [0.25, 0.3) is 5.91 Å². The molecule has 1 fully saturated rings. The van der Waals surface area contributed by atoms with Gasteiger partial charge in [0, 0.05) is 44.3 Å². The molecule has 0 radical (unpaired) electrons. The number of ether oxygens (including phenoxy) is 2. The molecule has 9 nitrogen and oxygen atoms in total. The number of hydrogen-bond acceptors (Lipinski definition) is 9. The predicted molar refractivity (Wildman–Crippen MR) is 170 cm³/mol. The highest BCUT2D eigenvalue weighted by atomic mass is 32.2. The lowest BCUT2D eigenvalue weighted by Gasteiger charge is -2.35. The van der Waals surface area contributed by atoms with Crippen LogP contribution in [0, 0.1) is 17.8 Å². The van der Waals surface area contributed by atoms with E-state index in [1.165, 1.54) is 31.5 Å². The van der Waals surface area contributed by atoms with Crippen LogP contribution in [0.4, 0.5) is 13.2 Å². The van der Waals surface area contributed by atoms with Crippen LogP contribution in [-0.4, -0.2) is 71.4 Å². The van der Waals surface area contributed by atoms with Gasteiger partial charge < -0.3 is 19.7 Å². The molecule has 1 aromatic heterocycles. The summed E-state index contributed by atoms with van der Waals surface area (Å²) in [5.74, 6) is 0.236. The SMILES string of the molecule is COC(=O)C(C)C[C@H](Cc1ccc(C(F)(F)F)cc1)NC(=O)c1csc(C(CC(C(C)C)N(C)C(=O)CC2CSC2)OC(C)=O)n1. The summed E-state index contributed by atoms with van der Waals surface area (Å²) in [7, 11) is 3.01. The number of carbonyl (C=O) groups excluding carboxylic acids is 4. The maximum atomic E-state index is 13.4. The Morgan fingerprint density at radius 3 is 2.26 bits per heavy atom. The molecule has 0 aliphatic carbocycles. The number of carbonyl (C=O) groups is 4. The van der Waals surface area contributed by atoms with Gasteiger partial charge in [-0.25, -0.2) is 4.98 Å². The Kier molecular flexibility index (Phi) is 13.5. The van der Waals surface area contributed by atoms with Crippen LogP contribution in [0.2, 0.25) is 0 Å². The molecule has 3 rings (SSSR count). The van der Waals surface area contributed by atoms with Crippen molar-refractivity contribution in [3.63, 3.8) is 0 Å². The molecule has 2 amide bonds. The summed E-state index contributed by atoms with van der Waals surface area (Å²) in [5, 5.41) is 4.79. The first kappa shape index (κ1) is 37.3. The van der Waals surface area contributed by atoms with Crippen LogP contribution >= 0.6 is 23.1 Å². The molecule has 1 aliphatic heterocycles. The van der Waals surface area contributed by atoms with Gasteiger partial charge in [-0.3, -0.25) is 19.2 Å². The fraction of sp³-hybridized carbons (Fsp3) is 0.594. The van der Waals surface area contributed by atoms with Crippen molar-refractivity contribution in [2.45, 2.75) is 77.7 Å². The quantitative estimate of drug-likeness (QED) is 0.230. The molecular formula is C32H42F3N3O6S2. The fourth-order valence-corrected chi connectivity index (χ4v) is 6.95. The summed E-state index contributed by atoms with van der Waals surface area (Å²) >= 11 is 2.96. The van der Waals surface area contributed by atoms with E-state index in [1.807, 2.05) is 25.6 Å². The summed E-state index contributed by atoms with van der Waals surface area (Å²) in [5.41, 5.74) is -0.183. The van der Waals surface area contributed by atoms with E-state index in [0.29, 0.717) is 29.3 Å². The number of nitrogens with one attached hydrogen (secondary N) is 1. The number of esters is 2. The summed E-state index contributed by atoms with van der Waals surface area (Å²) in [6.07, 6.45) is -4.19. The van der Waals surface area contributed by atoms with E-state index in [0.717, 1.165) is 35.0 Å². The fourth-order valence-electron chi connectivity index (χ4n) is 5.31. The minimum atomic E-state index is -4.48. The smallest absolute Gasteiger partial charge is 0.416 e. The van der Waals surface area contributed by atoms with Crippen LogP contribution in [0.25, 0.3) is 0 Å². The average molecular weight is 686 g/mol. The Bertz CT molecular complexity index is 1350. The highest BCUT2D eigenvalue weighted by molar-refractivity contribution is 8.00. The summed E-state index contributed by atoms with van der Waals surface area (Å²) < 4.78 is 49.6. The predicted octanol–water partition coefficient (Wildman–Crippen LogP) is 5.93. The second kappa shape index (κ2) is 16.6. The van der Waals surface area contributed by atoms with Crippen LogP contribution in [0.15, 0.2) is 29.6 Å². The second-order valence-electron chi connectivity index (χ2n) is 12.1. The zero-order valence-corrected chi connectivity index (χ0v) is 28.5. The van der Waals surface area contributed by atoms with Gasteiger partial charge in [-0.1, -0.05) is 32.9 Å². The van der Waals surface area contributed by atoms with Gasteiger partial charge in [-0.05, 0) is 53.9 Å². The number of rotatable bonds is 15. The van der Waals surface area contributed by atoms with Crippen molar-refractivity contribution in [2.75, 3.05) is 25.7 Å². The lowest BCUT2D eigenvalue weighted by Crippen LogP contribution is -2.43. The third-order valence-electron chi connectivity index (χ3n) is 7.96. The van der Waals surface area contributed by atoms with Crippen molar-refractivity contribution in [1.29, 1.82) is 0 Å². The normalized spacial score (nSPS) is 16.1. The van der Waals surface area contributed by atoms with Crippen molar-refractivity contribution < 1.29 is 41.8 Å². The molecule has 1 saturated heterocycles. The third-order valence-corrected chi connectivity index (χ3v) is 10.3. The Labute approximate surface area is 276 Å². The average Bonchev–Trinajstić information content (AvgIpc) is 3.46. The molecule has 0 saturated carbocycles. The van der Waals surface area contributed by atoms with Gasteiger partial charge in [0.15, 0.2) is 6.10 Å². The summed E-state index contributed by atoms with van der Waals surface area (Å²) in [4.78, 5) is 56.8. The van der Waals surface area contributed by atoms with Crippen molar-refractivity contribution in [3.8, 4) is 0 Å². The van der Waals surface area contributed by atoms with E-state index in [1.54, 1.807) is 18.9 Å². The summed E-state index contributed by atoms with van der Waals surface area (Å²) in [6, 6.07) is 3.75. The van der Waals surface area contributed by atoms with E-state index in [2.05, 4.69) is 10.3 Å².